The summed E-state index contributed by atoms with van der Waals surface area (Å²) in [6.07, 6.45) is 0. The number of carbonyl (C=O) groups excluding carboxylic acids is 1. The molecule has 1 rings (SSSR count). The van der Waals surface area contributed by atoms with Crippen molar-refractivity contribution in [1.82, 2.24) is 10.6 Å². The third-order valence-corrected chi connectivity index (χ3v) is 2.28. The van der Waals surface area contributed by atoms with Gasteiger partial charge in [0.25, 0.3) is 0 Å². The predicted molar refractivity (Wildman–Crippen MR) is 61.5 cm³/mol. The molecule has 4 heteroatoms. The minimum atomic E-state index is -0.313. The zero-order valence-electron chi connectivity index (χ0n) is 9.59. The van der Waals surface area contributed by atoms with E-state index in [9.17, 15) is 9.18 Å². The topological polar surface area (TPSA) is 41.1 Å². The molecular weight excluding hydrogens is 207 g/mol. The third kappa shape index (κ3) is 3.62. The predicted octanol–water partition coefficient (Wildman–Crippen LogP) is 1.61. The number of carbonyl (C=O) groups is 1. The summed E-state index contributed by atoms with van der Waals surface area (Å²) in [4.78, 5) is 11.4. The fourth-order valence-corrected chi connectivity index (χ4v) is 1.44. The zero-order valence-corrected chi connectivity index (χ0v) is 9.59. The van der Waals surface area contributed by atoms with Gasteiger partial charge in [0, 0.05) is 5.56 Å². The summed E-state index contributed by atoms with van der Waals surface area (Å²) in [5.74, 6) is -0.420. The number of hydrogen-bond acceptors (Lipinski definition) is 2. The van der Waals surface area contributed by atoms with Crippen LogP contribution >= 0.6 is 0 Å². The van der Waals surface area contributed by atoms with Gasteiger partial charge < -0.3 is 10.6 Å². The molecule has 0 aliphatic heterocycles. The molecule has 3 nitrogen and oxygen atoms in total. The van der Waals surface area contributed by atoms with E-state index in [4.69, 9.17) is 0 Å². The van der Waals surface area contributed by atoms with Crippen molar-refractivity contribution >= 4 is 5.91 Å². The fourth-order valence-electron chi connectivity index (χ4n) is 1.44. The van der Waals surface area contributed by atoms with Gasteiger partial charge in [-0.25, -0.2) is 4.39 Å². The molecule has 1 aromatic carbocycles. The molecule has 0 bridgehead atoms. The van der Waals surface area contributed by atoms with E-state index in [2.05, 4.69) is 10.6 Å². The Labute approximate surface area is 95.0 Å². The highest BCUT2D eigenvalue weighted by atomic mass is 19.1. The van der Waals surface area contributed by atoms with Crippen molar-refractivity contribution in [2.24, 2.45) is 0 Å². The summed E-state index contributed by atoms with van der Waals surface area (Å²) in [7, 11) is 0. The molecule has 0 saturated carbocycles. The first kappa shape index (κ1) is 12.6. The van der Waals surface area contributed by atoms with E-state index in [0.29, 0.717) is 5.56 Å². The second kappa shape index (κ2) is 6.23. The maximum Gasteiger partial charge on any atom is 0.234 e. The molecule has 16 heavy (non-hydrogen) atoms. The van der Waals surface area contributed by atoms with E-state index >= 15 is 0 Å². The summed E-state index contributed by atoms with van der Waals surface area (Å²) >= 11 is 0. The largest absolute Gasteiger partial charge is 0.348 e. The number of halogens is 1. The summed E-state index contributed by atoms with van der Waals surface area (Å²) in [6.45, 7) is 4.69. The molecule has 0 fully saturated rings. The number of benzene rings is 1. The second-order valence-corrected chi connectivity index (χ2v) is 3.59. The molecular formula is C12H17FN2O. The van der Waals surface area contributed by atoms with E-state index in [1.165, 1.54) is 6.07 Å². The Morgan fingerprint density at radius 3 is 2.75 bits per heavy atom. The number of amides is 1. The molecule has 1 amide bonds. The van der Waals surface area contributed by atoms with Gasteiger partial charge in [0.15, 0.2) is 0 Å². The van der Waals surface area contributed by atoms with Crippen LogP contribution in [0.4, 0.5) is 4.39 Å². The van der Waals surface area contributed by atoms with E-state index in [1.807, 2.05) is 6.92 Å². The Balaban J connectivity index is 2.55. The SMILES string of the molecule is CCNCC(=O)N[C@H](C)c1ccccc1F. The van der Waals surface area contributed by atoms with Gasteiger partial charge in [-0.2, -0.15) is 0 Å². The molecule has 0 radical (unpaired) electrons. The molecule has 0 aliphatic carbocycles. The van der Waals surface area contributed by atoms with Crippen LogP contribution in [0.25, 0.3) is 0 Å². The molecule has 0 unspecified atom stereocenters. The maximum absolute atomic E-state index is 13.4. The fraction of sp³-hybridized carbons (Fsp3) is 0.417. The van der Waals surface area contributed by atoms with Crippen LogP contribution in [0.15, 0.2) is 24.3 Å². The molecule has 1 aromatic rings. The summed E-state index contributed by atoms with van der Waals surface area (Å²) in [5.41, 5.74) is 0.507. The molecule has 0 saturated heterocycles. The highest BCUT2D eigenvalue weighted by molar-refractivity contribution is 5.78. The monoisotopic (exact) mass is 224 g/mol. The van der Waals surface area contributed by atoms with Gasteiger partial charge in [-0.15, -0.1) is 0 Å². The van der Waals surface area contributed by atoms with E-state index in [1.54, 1.807) is 25.1 Å². The van der Waals surface area contributed by atoms with Gasteiger partial charge in [0.1, 0.15) is 5.82 Å². The summed E-state index contributed by atoms with van der Waals surface area (Å²) in [6, 6.07) is 6.14. The number of likely N-dealkylation sites (N-methyl/N-ethyl adjacent to an activating group) is 1. The molecule has 1 atom stereocenters. The normalized spacial score (nSPS) is 12.2. The average molecular weight is 224 g/mol. The molecule has 88 valence electrons. The Morgan fingerprint density at radius 1 is 1.44 bits per heavy atom. The standard InChI is InChI=1S/C12H17FN2O/c1-3-14-8-12(16)15-9(2)10-6-4-5-7-11(10)13/h4-7,9,14H,3,8H2,1-2H3,(H,15,16)/t9-/m1/s1. The summed E-state index contributed by atoms with van der Waals surface area (Å²) < 4.78 is 13.4. The zero-order chi connectivity index (χ0) is 12.0. The van der Waals surface area contributed by atoms with Crippen molar-refractivity contribution in [3.05, 3.63) is 35.6 Å². The van der Waals surface area contributed by atoms with Crippen LogP contribution in [0.1, 0.15) is 25.5 Å². The van der Waals surface area contributed by atoms with Gasteiger partial charge >= 0.3 is 0 Å². The molecule has 0 heterocycles. The van der Waals surface area contributed by atoms with Crippen molar-refractivity contribution in [3.63, 3.8) is 0 Å². The first-order valence-corrected chi connectivity index (χ1v) is 5.39. The van der Waals surface area contributed by atoms with E-state index in [0.717, 1.165) is 6.54 Å². The summed E-state index contributed by atoms with van der Waals surface area (Å²) in [5, 5.41) is 5.64. The lowest BCUT2D eigenvalue weighted by Gasteiger charge is -2.15. The van der Waals surface area contributed by atoms with E-state index in [-0.39, 0.29) is 24.3 Å². The third-order valence-electron chi connectivity index (χ3n) is 2.28. The van der Waals surface area contributed by atoms with Gasteiger partial charge in [0.2, 0.25) is 5.91 Å². The number of nitrogens with one attached hydrogen (secondary N) is 2. The lowest BCUT2D eigenvalue weighted by atomic mass is 10.1. The Hall–Kier alpha value is -1.42. The van der Waals surface area contributed by atoms with Gasteiger partial charge in [-0.1, -0.05) is 25.1 Å². The van der Waals surface area contributed by atoms with Crippen LogP contribution in [0.2, 0.25) is 0 Å². The van der Waals surface area contributed by atoms with Gasteiger partial charge in [-0.3, -0.25) is 4.79 Å². The van der Waals surface area contributed by atoms with Crippen LogP contribution in [-0.2, 0) is 4.79 Å². The van der Waals surface area contributed by atoms with Gasteiger partial charge in [-0.05, 0) is 19.5 Å². The minimum Gasteiger partial charge on any atom is -0.348 e. The van der Waals surface area contributed by atoms with Crippen molar-refractivity contribution < 1.29 is 9.18 Å². The lowest BCUT2D eigenvalue weighted by Crippen LogP contribution is -2.35. The maximum atomic E-state index is 13.4. The second-order valence-electron chi connectivity index (χ2n) is 3.59. The first-order valence-electron chi connectivity index (χ1n) is 5.39. The van der Waals surface area contributed by atoms with Crippen molar-refractivity contribution in [3.8, 4) is 0 Å². The quantitative estimate of drug-likeness (QED) is 0.798. The Kier molecular flexibility index (Phi) is 4.92. The number of rotatable bonds is 5. The molecule has 2 N–H and O–H groups in total. The Morgan fingerprint density at radius 2 is 2.12 bits per heavy atom. The highest BCUT2D eigenvalue weighted by Crippen LogP contribution is 2.15. The van der Waals surface area contributed by atoms with Crippen LogP contribution in [0.5, 0.6) is 0 Å². The first-order chi connectivity index (χ1) is 7.65. The molecule has 0 aromatic heterocycles. The smallest absolute Gasteiger partial charge is 0.234 e. The molecule has 0 aliphatic rings. The van der Waals surface area contributed by atoms with E-state index < -0.39 is 0 Å². The van der Waals surface area contributed by atoms with Crippen molar-refractivity contribution in [2.45, 2.75) is 19.9 Å². The Bertz CT molecular complexity index is 355. The average Bonchev–Trinajstić information content (AvgIpc) is 2.26. The van der Waals surface area contributed by atoms with Crippen LogP contribution in [0, 0.1) is 5.82 Å². The highest BCUT2D eigenvalue weighted by Gasteiger charge is 2.12. The van der Waals surface area contributed by atoms with Crippen LogP contribution in [-0.4, -0.2) is 19.0 Å². The lowest BCUT2D eigenvalue weighted by molar-refractivity contribution is -0.120. The minimum absolute atomic E-state index is 0.127. The number of hydrogen-bond donors (Lipinski definition) is 2. The van der Waals surface area contributed by atoms with Gasteiger partial charge in [0.05, 0.1) is 12.6 Å². The van der Waals surface area contributed by atoms with Crippen LogP contribution < -0.4 is 10.6 Å². The van der Waals surface area contributed by atoms with Crippen LogP contribution in [0.3, 0.4) is 0 Å². The molecule has 0 spiro atoms. The van der Waals surface area contributed by atoms with Crippen molar-refractivity contribution in [2.75, 3.05) is 13.1 Å². The van der Waals surface area contributed by atoms with Crippen molar-refractivity contribution in [1.29, 1.82) is 0 Å².